The van der Waals surface area contributed by atoms with Crippen LogP contribution in [0.1, 0.15) is 6.92 Å². The second-order valence-corrected chi connectivity index (χ2v) is 5.60. The van der Waals surface area contributed by atoms with E-state index in [4.69, 9.17) is 20.5 Å². The molecule has 0 bridgehead atoms. The molecule has 3 nitrogen and oxygen atoms in total. The highest BCUT2D eigenvalue weighted by Crippen LogP contribution is 2.52. The van der Waals surface area contributed by atoms with Crippen molar-refractivity contribution >= 4 is 23.3 Å². The predicted molar refractivity (Wildman–Crippen MR) is 57.7 cm³/mol. The second kappa shape index (κ2) is 4.83. The van der Waals surface area contributed by atoms with Crippen LogP contribution in [0.5, 0.6) is 5.75 Å². The van der Waals surface area contributed by atoms with Gasteiger partial charge in [-0.05, 0) is 30.3 Å². The summed E-state index contributed by atoms with van der Waals surface area (Å²) < 4.78 is 21.9. The van der Waals surface area contributed by atoms with Crippen LogP contribution in [0.25, 0.3) is 0 Å². The Morgan fingerprint density at radius 1 is 1.43 bits per heavy atom. The van der Waals surface area contributed by atoms with Gasteiger partial charge in [0.05, 0.1) is 19.0 Å². The first kappa shape index (κ1) is 11.6. The SMILES string of the molecule is CCOP(=O)(Cl)c1ccccc1OC. The average molecular weight is 235 g/mol. The second-order valence-electron chi connectivity index (χ2n) is 2.57. The Labute approximate surface area is 88.2 Å². The van der Waals surface area contributed by atoms with Crippen LogP contribution in [0.2, 0.25) is 0 Å². The number of hydrogen-bond acceptors (Lipinski definition) is 3. The molecule has 0 aliphatic heterocycles. The van der Waals surface area contributed by atoms with Crippen molar-refractivity contribution in [3.05, 3.63) is 24.3 Å². The van der Waals surface area contributed by atoms with Crippen LogP contribution in [-0.4, -0.2) is 13.7 Å². The zero-order valence-electron chi connectivity index (χ0n) is 8.07. The first-order chi connectivity index (χ1) is 6.61. The summed E-state index contributed by atoms with van der Waals surface area (Å²) in [6.07, 6.45) is 0. The Hall–Kier alpha value is -0.500. The summed E-state index contributed by atoms with van der Waals surface area (Å²) in [6.45, 7) is -1.21. The fourth-order valence-electron chi connectivity index (χ4n) is 1.09. The molecule has 1 aromatic carbocycles. The predicted octanol–water partition coefficient (Wildman–Crippen LogP) is 2.79. The number of rotatable bonds is 4. The van der Waals surface area contributed by atoms with Crippen molar-refractivity contribution in [1.29, 1.82) is 0 Å². The standard InChI is InChI=1S/C9H12ClO3P/c1-3-13-14(10,11)9-7-5-4-6-8(9)12-2/h4-7H,3H2,1-2H3. The minimum absolute atomic E-state index is 0.304. The van der Waals surface area contributed by atoms with E-state index in [1.54, 1.807) is 31.2 Å². The largest absolute Gasteiger partial charge is 0.496 e. The van der Waals surface area contributed by atoms with Gasteiger partial charge >= 0.3 is 6.72 Å². The fraction of sp³-hybridized carbons (Fsp3) is 0.333. The maximum absolute atomic E-state index is 11.9. The van der Waals surface area contributed by atoms with E-state index in [9.17, 15) is 4.57 Å². The molecular weight excluding hydrogens is 223 g/mol. The van der Waals surface area contributed by atoms with Crippen LogP contribution in [-0.2, 0) is 9.09 Å². The van der Waals surface area contributed by atoms with Gasteiger partial charge in [0, 0.05) is 0 Å². The summed E-state index contributed by atoms with van der Waals surface area (Å²) in [6, 6.07) is 6.86. The molecule has 0 heterocycles. The van der Waals surface area contributed by atoms with E-state index in [-0.39, 0.29) is 0 Å². The van der Waals surface area contributed by atoms with Gasteiger partial charge in [0.1, 0.15) is 5.75 Å². The van der Waals surface area contributed by atoms with Gasteiger partial charge in [0.15, 0.2) is 0 Å². The van der Waals surface area contributed by atoms with E-state index in [1.807, 2.05) is 0 Å². The van der Waals surface area contributed by atoms with Crippen LogP contribution in [0.15, 0.2) is 24.3 Å². The van der Waals surface area contributed by atoms with Crippen LogP contribution in [0.4, 0.5) is 0 Å². The molecule has 14 heavy (non-hydrogen) atoms. The zero-order valence-corrected chi connectivity index (χ0v) is 9.72. The molecule has 0 N–H and O–H groups in total. The molecule has 0 radical (unpaired) electrons. The molecule has 0 aromatic heterocycles. The number of benzene rings is 1. The van der Waals surface area contributed by atoms with Crippen molar-refractivity contribution in [2.75, 3.05) is 13.7 Å². The number of ether oxygens (including phenoxy) is 1. The lowest BCUT2D eigenvalue weighted by molar-refractivity contribution is 0.350. The summed E-state index contributed by atoms with van der Waals surface area (Å²) >= 11 is 5.80. The summed E-state index contributed by atoms with van der Waals surface area (Å²) in [5.41, 5.74) is 0. The van der Waals surface area contributed by atoms with Crippen LogP contribution >= 0.6 is 18.0 Å². The van der Waals surface area contributed by atoms with Crippen LogP contribution in [0.3, 0.4) is 0 Å². The maximum Gasteiger partial charge on any atom is 0.323 e. The average Bonchev–Trinajstić information content (AvgIpc) is 2.18. The Morgan fingerprint density at radius 2 is 2.07 bits per heavy atom. The normalized spacial score (nSPS) is 14.8. The van der Waals surface area contributed by atoms with E-state index in [0.29, 0.717) is 17.7 Å². The number of halogens is 1. The molecule has 1 aromatic rings. The number of para-hydroxylation sites is 1. The molecule has 0 spiro atoms. The lowest BCUT2D eigenvalue weighted by atomic mass is 10.3. The minimum Gasteiger partial charge on any atom is -0.496 e. The molecular formula is C9H12ClO3P. The van der Waals surface area contributed by atoms with Gasteiger partial charge in [-0.2, -0.15) is 0 Å². The third-order valence-corrected chi connectivity index (χ3v) is 4.04. The molecule has 0 fully saturated rings. The van der Waals surface area contributed by atoms with E-state index < -0.39 is 6.72 Å². The van der Waals surface area contributed by atoms with E-state index in [2.05, 4.69) is 0 Å². The summed E-state index contributed by atoms with van der Waals surface area (Å²) in [5.74, 6) is 0.485. The van der Waals surface area contributed by atoms with E-state index in [0.717, 1.165) is 0 Å². The molecule has 1 rings (SSSR count). The highest BCUT2D eigenvalue weighted by molar-refractivity contribution is 7.91. The van der Waals surface area contributed by atoms with Gasteiger partial charge in [0.25, 0.3) is 0 Å². The van der Waals surface area contributed by atoms with Crippen LogP contribution < -0.4 is 10.0 Å². The van der Waals surface area contributed by atoms with Crippen molar-refractivity contribution in [3.63, 3.8) is 0 Å². The van der Waals surface area contributed by atoms with Crippen molar-refractivity contribution in [1.82, 2.24) is 0 Å². The maximum atomic E-state index is 11.9. The van der Waals surface area contributed by atoms with Gasteiger partial charge in [-0.3, -0.25) is 4.57 Å². The van der Waals surface area contributed by atoms with E-state index >= 15 is 0 Å². The third kappa shape index (κ3) is 2.50. The molecule has 0 saturated carbocycles. The number of hydrogen-bond donors (Lipinski definition) is 0. The first-order valence-electron chi connectivity index (χ1n) is 4.19. The van der Waals surface area contributed by atoms with Gasteiger partial charge < -0.3 is 9.26 Å². The zero-order chi connectivity index (χ0) is 10.6. The van der Waals surface area contributed by atoms with Gasteiger partial charge in [0.2, 0.25) is 0 Å². The Kier molecular flexibility index (Phi) is 3.99. The molecule has 1 unspecified atom stereocenters. The summed E-state index contributed by atoms with van der Waals surface area (Å²) in [5, 5.41) is 0.408. The van der Waals surface area contributed by atoms with Crippen molar-refractivity contribution in [2.24, 2.45) is 0 Å². The highest BCUT2D eigenvalue weighted by atomic mass is 35.7. The third-order valence-electron chi connectivity index (χ3n) is 1.67. The Morgan fingerprint density at radius 3 is 2.64 bits per heavy atom. The van der Waals surface area contributed by atoms with Crippen molar-refractivity contribution < 1.29 is 13.8 Å². The Bertz CT molecular complexity index is 354. The smallest absolute Gasteiger partial charge is 0.323 e. The van der Waals surface area contributed by atoms with Crippen molar-refractivity contribution in [2.45, 2.75) is 6.92 Å². The fourth-order valence-corrected chi connectivity index (χ4v) is 2.96. The van der Waals surface area contributed by atoms with Gasteiger partial charge in [-0.15, -0.1) is 0 Å². The number of methoxy groups -OCH3 is 1. The molecule has 0 amide bonds. The quantitative estimate of drug-likeness (QED) is 0.752. The highest BCUT2D eigenvalue weighted by Gasteiger charge is 2.25. The summed E-state index contributed by atoms with van der Waals surface area (Å²) in [7, 11) is 1.50. The molecule has 1 atom stereocenters. The molecule has 78 valence electrons. The molecule has 0 aliphatic carbocycles. The molecule has 5 heteroatoms. The summed E-state index contributed by atoms with van der Waals surface area (Å²) in [4.78, 5) is 0. The van der Waals surface area contributed by atoms with E-state index in [1.165, 1.54) is 7.11 Å². The Balaban J connectivity index is 3.11. The topological polar surface area (TPSA) is 35.5 Å². The first-order valence-corrected chi connectivity index (χ1v) is 6.72. The lowest BCUT2D eigenvalue weighted by Gasteiger charge is -2.13. The molecule has 0 aliphatic rings. The van der Waals surface area contributed by atoms with Crippen LogP contribution in [0, 0.1) is 0 Å². The van der Waals surface area contributed by atoms with Gasteiger partial charge in [-0.25, -0.2) is 0 Å². The monoisotopic (exact) mass is 234 g/mol. The minimum atomic E-state index is -3.25. The van der Waals surface area contributed by atoms with Gasteiger partial charge in [-0.1, -0.05) is 12.1 Å². The lowest BCUT2D eigenvalue weighted by Crippen LogP contribution is -2.07. The van der Waals surface area contributed by atoms with Crippen molar-refractivity contribution in [3.8, 4) is 5.75 Å². The molecule has 0 saturated heterocycles.